The largest absolute Gasteiger partial charge is 0.494 e. The molecule has 0 unspecified atom stereocenters. The average molecular weight is 460 g/mol. The lowest BCUT2D eigenvalue weighted by atomic mass is 10.1. The molecule has 0 bridgehead atoms. The summed E-state index contributed by atoms with van der Waals surface area (Å²) in [5.41, 5.74) is 3.57. The van der Waals surface area contributed by atoms with Crippen LogP contribution in [0.25, 0.3) is 16.5 Å². The van der Waals surface area contributed by atoms with E-state index in [1.807, 2.05) is 29.9 Å². The predicted molar refractivity (Wildman–Crippen MR) is 129 cm³/mol. The molecule has 1 amide bonds. The molecule has 0 aliphatic rings. The Hall–Kier alpha value is -4.53. The van der Waals surface area contributed by atoms with Crippen LogP contribution < -0.4 is 20.5 Å². The van der Waals surface area contributed by atoms with Crippen LogP contribution in [-0.4, -0.2) is 40.6 Å². The normalized spacial score (nSPS) is 11.1. The van der Waals surface area contributed by atoms with Crippen LogP contribution in [0.4, 0.5) is 0 Å². The van der Waals surface area contributed by atoms with E-state index in [9.17, 15) is 14.7 Å². The highest BCUT2D eigenvalue weighted by Gasteiger charge is 2.18. The molecule has 4 rings (SSSR count). The minimum Gasteiger partial charge on any atom is -0.494 e. The number of hydrogen-bond acceptors (Lipinski definition) is 6. The number of carbonyl (C=O) groups is 1. The third-order valence-corrected chi connectivity index (χ3v) is 5.50. The van der Waals surface area contributed by atoms with Crippen LogP contribution in [0.5, 0.6) is 17.4 Å². The van der Waals surface area contributed by atoms with Gasteiger partial charge < -0.3 is 19.1 Å². The number of pyridine rings is 1. The van der Waals surface area contributed by atoms with Crippen LogP contribution in [0.2, 0.25) is 0 Å². The lowest BCUT2D eigenvalue weighted by molar-refractivity contribution is -0.120. The average Bonchev–Trinajstić information content (AvgIpc) is 3.25. The summed E-state index contributed by atoms with van der Waals surface area (Å²) >= 11 is 0. The van der Waals surface area contributed by atoms with E-state index in [1.165, 1.54) is 20.4 Å². The Balaban J connectivity index is 1.75. The molecule has 174 valence electrons. The number of nitrogens with one attached hydrogen (secondary N) is 1. The molecule has 9 heteroatoms. The van der Waals surface area contributed by atoms with Crippen LogP contribution in [-0.2, 0) is 18.3 Å². The van der Waals surface area contributed by atoms with Gasteiger partial charge in [-0.05, 0) is 30.3 Å². The molecule has 2 N–H and O–H groups in total. The summed E-state index contributed by atoms with van der Waals surface area (Å²) in [6, 6.07) is 15.5. The summed E-state index contributed by atoms with van der Waals surface area (Å²) in [6.45, 7) is 0. The Morgan fingerprint density at radius 2 is 1.79 bits per heavy atom. The fraction of sp³-hybridized carbons (Fsp3) is 0.160. The summed E-state index contributed by atoms with van der Waals surface area (Å²) in [6.07, 6.45) is 3.34. The Kier molecular flexibility index (Phi) is 6.35. The SMILES string of the molecule is COc1ccc(-n2c(O)c(/C=N\NC(=O)Cc3cccn3C)c3ccccc3c2=O)cc1OC. The summed E-state index contributed by atoms with van der Waals surface area (Å²) in [5.74, 6) is 0.260. The van der Waals surface area contributed by atoms with Crippen molar-refractivity contribution in [3.63, 3.8) is 0 Å². The number of aryl methyl sites for hydroxylation is 1. The van der Waals surface area contributed by atoms with Gasteiger partial charge in [0.05, 0.1) is 38.1 Å². The van der Waals surface area contributed by atoms with E-state index in [0.717, 1.165) is 10.3 Å². The molecule has 34 heavy (non-hydrogen) atoms. The van der Waals surface area contributed by atoms with Crippen molar-refractivity contribution in [3.05, 3.63) is 82.4 Å². The Morgan fingerprint density at radius 1 is 1.06 bits per heavy atom. The van der Waals surface area contributed by atoms with Crippen molar-refractivity contribution in [1.82, 2.24) is 14.6 Å². The Bertz CT molecular complexity index is 1450. The van der Waals surface area contributed by atoms with Crippen molar-refractivity contribution >= 4 is 22.9 Å². The molecule has 2 aromatic heterocycles. The number of methoxy groups -OCH3 is 2. The molecule has 0 aliphatic carbocycles. The van der Waals surface area contributed by atoms with Crippen LogP contribution in [0, 0.1) is 0 Å². The van der Waals surface area contributed by atoms with E-state index in [-0.39, 0.29) is 23.8 Å². The van der Waals surface area contributed by atoms with Crippen molar-refractivity contribution < 1.29 is 19.4 Å². The quantitative estimate of drug-likeness (QED) is 0.326. The summed E-state index contributed by atoms with van der Waals surface area (Å²) < 4.78 is 13.6. The van der Waals surface area contributed by atoms with E-state index < -0.39 is 5.56 Å². The van der Waals surface area contributed by atoms with Gasteiger partial charge in [-0.15, -0.1) is 0 Å². The van der Waals surface area contributed by atoms with Crippen molar-refractivity contribution in [2.24, 2.45) is 12.1 Å². The number of fused-ring (bicyclic) bond motifs is 1. The first-order valence-corrected chi connectivity index (χ1v) is 10.5. The van der Waals surface area contributed by atoms with Gasteiger partial charge in [0.15, 0.2) is 11.5 Å². The van der Waals surface area contributed by atoms with Crippen LogP contribution in [0.1, 0.15) is 11.3 Å². The lowest BCUT2D eigenvalue weighted by Gasteiger charge is -2.15. The van der Waals surface area contributed by atoms with Crippen molar-refractivity contribution in [2.75, 3.05) is 14.2 Å². The number of carbonyl (C=O) groups excluding carboxylic acids is 1. The Morgan fingerprint density at radius 3 is 2.47 bits per heavy atom. The highest BCUT2D eigenvalue weighted by molar-refractivity contribution is 6.02. The monoisotopic (exact) mass is 460 g/mol. The minimum absolute atomic E-state index is 0.151. The van der Waals surface area contributed by atoms with Crippen LogP contribution in [0.15, 0.2) is 70.7 Å². The molecule has 9 nitrogen and oxygen atoms in total. The third-order valence-electron chi connectivity index (χ3n) is 5.50. The topological polar surface area (TPSA) is 107 Å². The first-order valence-electron chi connectivity index (χ1n) is 10.5. The fourth-order valence-corrected chi connectivity index (χ4v) is 3.75. The van der Waals surface area contributed by atoms with Gasteiger partial charge in [0.25, 0.3) is 5.56 Å². The molecule has 4 aromatic rings. The zero-order chi connectivity index (χ0) is 24.2. The van der Waals surface area contributed by atoms with Gasteiger partial charge in [-0.2, -0.15) is 5.10 Å². The van der Waals surface area contributed by atoms with Crippen molar-refractivity contribution in [1.29, 1.82) is 0 Å². The van der Waals surface area contributed by atoms with Gasteiger partial charge in [-0.1, -0.05) is 18.2 Å². The van der Waals surface area contributed by atoms with Crippen molar-refractivity contribution in [3.8, 4) is 23.1 Å². The maximum absolute atomic E-state index is 13.3. The van der Waals surface area contributed by atoms with Crippen LogP contribution in [0.3, 0.4) is 0 Å². The fourth-order valence-electron chi connectivity index (χ4n) is 3.75. The number of amides is 1. The van der Waals surface area contributed by atoms with E-state index in [4.69, 9.17) is 9.47 Å². The van der Waals surface area contributed by atoms with Gasteiger partial charge in [0, 0.05) is 35.8 Å². The molecule has 0 saturated carbocycles. The maximum Gasteiger partial charge on any atom is 0.265 e. The summed E-state index contributed by atoms with van der Waals surface area (Å²) in [5, 5.41) is 16.0. The second kappa shape index (κ2) is 9.53. The molecule has 2 heterocycles. The number of rotatable bonds is 7. The van der Waals surface area contributed by atoms with Gasteiger partial charge >= 0.3 is 0 Å². The molecular formula is C25H24N4O5. The molecular weight excluding hydrogens is 436 g/mol. The van der Waals surface area contributed by atoms with E-state index >= 15 is 0 Å². The van der Waals surface area contributed by atoms with Gasteiger partial charge in [0.1, 0.15) is 0 Å². The lowest BCUT2D eigenvalue weighted by Crippen LogP contribution is -2.22. The first kappa shape index (κ1) is 22.7. The number of nitrogens with zero attached hydrogens (tertiary/aromatic N) is 3. The molecule has 0 atom stereocenters. The van der Waals surface area contributed by atoms with Crippen LogP contribution >= 0.6 is 0 Å². The predicted octanol–water partition coefficient (Wildman–Crippen LogP) is 2.74. The van der Waals surface area contributed by atoms with Gasteiger partial charge in [-0.25, -0.2) is 9.99 Å². The molecule has 0 radical (unpaired) electrons. The number of benzene rings is 2. The molecule has 0 saturated heterocycles. The van der Waals surface area contributed by atoms with E-state index in [2.05, 4.69) is 10.5 Å². The molecule has 0 fully saturated rings. The standard InChI is InChI=1S/C25H24N4O5/c1-28-12-6-7-16(28)14-23(30)27-26-15-20-18-8-4-5-9-19(18)24(31)29(25(20)32)17-10-11-21(33-2)22(13-17)34-3/h4-13,15,32H,14H2,1-3H3,(H,27,30)/b26-15-. The minimum atomic E-state index is -0.412. The van der Waals surface area contributed by atoms with Gasteiger partial charge in [0.2, 0.25) is 11.8 Å². The first-order chi connectivity index (χ1) is 16.4. The number of aromatic hydroxyl groups is 1. The summed E-state index contributed by atoms with van der Waals surface area (Å²) in [7, 11) is 4.85. The number of aromatic nitrogens is 2. The second-order valence-electron chi connectivity index (χ2n) is 7.54. The number of hydrazone groups is 1. The highest BCUT2D eigenvalue weighted by Crippen LogP contribution is 2.32. The molecule has 2 aromatic carbocycles. The smallest absolute Gasteiger partial charge is 0.265 e. The maximum atomic E-state index is 13.3. The Labute approximate surface area is 195 Å². The zero-order valence-electron chi connectivity index (χ0n) is 19.0. The second-order valence-corrected chi connectivity index (χ2v) is 7.54. The zero-order valence-corrected chi connectivity index (χ0v) is 19.0. The van der Waals surface area contributed by atoms with E-state index in [1.54, 1.807) is 42.5 Å². The van der Waals surface area contributed by atoms with Gasteiger partial charge in [-0.3, -0.25) is 9.59 Å². The highest BCUT2D eigenvalue weighted by atomic mass is 16.5. The van der Waals surface area contributed by atoms with Crippen molar-refractivity contribution in [2.45, 2.75) is 6.42 Å². The number of ether oxygens (including phenoxy) is 2. The summed E-state index contributed by atoms with van der Waals surface area (Å²) in [4.78, 5) is 25.6. The molecule has 0 aliphatic heterocycles. The molecule has 0 spiro atoms. The van der Waals surface area contributed by atoms with E-state index in [0.29, 0.717) is 28.0 Å². The third kappa shape index (κ3) is 4.23. The number of hydrogen-bond donors (Lipinski definition) is 2.